The van der Waals surface area contributed by atoms with Crippen LogP contribution in [0.5, 0.6) is 0 Å². The Balaban J connectivity index is 2.13. The number of rotatable bonds is 2. The zero-order valence-electron chi connectivity index (χ0n) is 11.7. The Bertz CT molecular complexity index is 664. The third-order valence-corrected chi connectivity index (χ3v) is 4.16. The van der Waals surface area contributed by atoms with Crippen molar-refractivity contribution >= 4 is 11.6 Å². The van der Waals surface area contributed by atoms with E-state index < -0.39 is 0 Å². The van der Waals surface area contributed by atoms with Crippen LogP contribution in [0.2, 0.25) is 0 Å². The average molecular weight is 281 g/mol. The van der Waals surface area contributed by atoms with Crippen LogP contribution in [-0.4, -0.2) is 28.8 Å². The Morgan fingerprint density at radius 1 is 1.05 bits per heavy atom. The second-order valence-corrected chi connectivity index (χ2v) is 5.46. The van der Waals surface area contributed by atoms with Crippen LogP contribution in [0.1, 0.15) is 55.1 Å². The van der Waals surface area contributed by atoms with Crippen LogP contribution in [0.15, 0.2) is 0 Å². The monoisotopic (exact) mass is 281 g/mol. The topological polar surface area (TPSA) is 93.7 Å². The van der Waals surface area contributed by atoms with Gasteiger partial charge in [0.05, 0.1) is 11.6 Å². The normalized spacial score (nSPS) is 21.3. The molecule has 3 rings (SSSR count). The summed E-state index contributed by atoms with van der Waals surface area (Å²) in [5.74, 6) is 0.523. The van der Waals surface area contributed by atoms with Gasteiger partial charge in [-0.05, 0) is 25.7 Å². The number of carbonyl (C=O) groups excluding carboxylic acids is 1. The summed E-state index contributed by atoms with van der Waals surface area (Å²) in [5, 5.41) is 18.3. The lowest BCUT2D eigenvalue weighted by molar-refractivity contribution is -0.118. The first-order chi connectivity index (χ1) is 10.2. The molecule has 6 nitrogen and oxygen atoms in total. The lowest BCUT2D eigenvalue weighted by Crippen LogP contribution is -2.24. The summed E-state index contributed by atoms with van der Waals surface area (Å²) in [4.78, 5) is 22.8. The molecule has 1 saturated carbocycles. The molecule has 0 aromatic carbocycles. The fraction of sp³-hybridized carbons (Fsp3) is 0.533. The molecule has 2 aliphatic rings. The van der Waals surface area contributed by atoms with Gasteiger partial charge in [0.15, 0.2) is 17.2 Å². The number of aromatic nitrogens is 2. The molecule has 0 amide bonds. The van der Waals surface area contributed by atoms with Crippen molar-refractivity contribution in [3.05, 3.63) is 17.1 Å². The molecule has 1 aromatic rings. The van der Waals surface area contributed by atoms with Gasteiger partial charge in [0.25, 0.3) is 0 Å². The van der Waals surface area contributed by atoms with Gasteiger partial charge < -0.3 is 4.90 Å². The predicted octanol–water partition coefficient (Wildman–Crippen LogP) is 1.66. The summed E-state index contributed by atoms with van der Waals surface area (Å²) < 4.78 is 0. The first-order valence-electron chi connectivity index (χ1n) is 7.24. The first-order valence-corrected chi connectivity index (χ1v) is 7.24. The zero-order valence-corrected chi connectivity index (χ0v) is 11.7. The van der Waals surface area contributed by atoms with Crippen LogP contribution < -0.4 is 4.90 Å². The largest absolute Gasteiger partial charge is 0.355 e. The molecule has 0 radical (unpaired) electrons. The Kier molecular flexibility index (Phi) is 3.53. The average Bonchev–Trinajstić information content (AvgIpc) is 3.17. The highest BCUT2D eigenvalue weighted by Gasteiger charge is 2.33. The predicted molar refractivity (Wildman–Crippen MR) is 74.5 cm³/mol. The molecule has 1 aliphatic carbocycles. The van der Waals surface area contributed by atoms with Crippen molar-refractivity contribution in [1.29, 1.82) is 10.5 Å². The summed E-state index contributed by atoms with van der Waals surface area (Å²) in [6.45, 7) is 1.72. The molecule has 106 valence electrons. The van der Waals surface area contributed by atoms with E-state index in [9.17, 15) is 4.79 Å². The number of carbonyl (C=O) groups is 1. The summed E-state index contributed by atoms with van der Waals surface area (Å²) in [6, 6.07) is 3.85. The number of nitrogens with zero attached hydrogens (tertiary/aromatic N) is 5. The van der Waals surface area contributed by atoms with Gasteiger partial charge in [-0.15, -0.1) is 0 Å². The van der Waals surface area contributed by atoms with E-state index in [-0.39, 0.29) is 23.1 Å². The van der Waals surface area contributed by atoms with E-state index in [1.807, 2.05) is 12.1 Å². The summed E-state index contributed by atoms with van der Waals surface area (Å²) in [5.41, 5.74) is 0.665. The molecule has 21 heavy (non-hydrogen) atoms. The van der Waals surface area contributed by atoms with Crippen LogP contribution >= 0.6 is 0 Å². The summed E-state index contributed by atoms with van der Waals surface area (Å²) in [7, 11) is 0. The van der Waals surface area contributed by atoms with Crippen molar-refractivity contribution in [2.45, 2.75) is 38.0 Å². The first kappa shape index (κ1) is 13.5. The fourth-order valence-corrected chi connectivity index (χ4v) is 3.10. The molecule has 1 atom stereocenters. The van der Waals surface area contributed by atoms with E-state index in [0.717, 1.165) is 38.8 Å². The second-order valence-electron chi connectivity index (χ2n) is 5.46. The maximum absolute atomic E-state index is 12.1. The van der Waals surface area contributed by atoms with E-state index in [1.165, 1.54) is 0 Å². The number of nitriles is 2. The molecule has 1 aromatic heterocycles. The molecule has 0 N–H and O–H groups in total. The quantitative estimate of drug-likeness (QED) is 0.818. The lowest BCUT2D eigenvalue weighted by Gasteiger charge is -2.22. The Morgan fingerprint density at radius 2 is 1.71 bits per heavy atom. The molecule has 1 aliphatic heterocycles. The van der Waals surface area contributed by atoms with Gasteiger partial charge in [0.2, 0.25) is 0 Å². The number of hydrogen-bond acceptors (Lipinski definition) is 6. The third kappa shape index (κ3) is 2.34. The van der Waals surface area contributed by atoms with Gasteiger partial charge in [-0.2, -0.15) is 10.5 Å². The minimum atomic E-state index is -0.270. The van der Waals surface area contributed by atoms with Crippen molar-refractivity contribution in [3.63, 3.8) is 0 Å². The number of ketones is 1. The highest BCUT2D eigenvalue weighted by molar-refractivity contribution is 5.88. The minimum Gasteiger partial charge on any atom is -0.355 e. The summed E-state index contributed by atoms with van der Waals surface area (Å²) in [6.07, 6.45) is 4.31. The minimum absolute atomic E-state index is 0.0233. The molecule has 6 heteroatoms. The fourth-order valence-electron chi connectivity index (χ4n) is 3.10. The van der Waals surface area contributed by atoms with Gasteiger partial charge in [-0.3, -0.25) is 4.79 Å². The van der Waals surface area contributed by atoms with Crippen molar-refractivity contribution in [2.24, 2.45) is 0 Å². The van der Waals surface area contributed by atoms with Crippen LogP contribution in [0, 0.1) is 22.7 Å². The number of hydrogen-bond donors (Lipinski definition) is 0. The summed E-state index contributed by atoms with van der Waals surface area (Å²) >= 11 is 0. The van der Waals surface area contributed by atoms with Crippen LogP contribution in [0.25, 0.3) is 0 Å². The van der Waals surface area contributed by atoms with E-state index in [2.05, 4.69) is 14.9 Å². The molecule has 2 fully saturated rings. The highest BCUT2D eigenvalue weighted by Crippen LogP contribution is 2.36. The molecular formula is C15H15N5O. The van der Waals surface area contributed by atoms with Gasteiger partial charge in [0.1, 0.15) is 17.9 Å². The van der Waals surface area contributed by atoms with Gasteiger partial charge in [-0.1, -0.05) is 0 Å². The SMILES string of the molecule is N#Cc1nc(C2CCCC2=O)c(N2CCCC2)nc1C#N. The Hall–Kier alpha value is -2.47. The molecule has 2 heterocycles. The van der Waals surface area contributed by atoms with E-state index in [4.69, 9.17) is 10.5 Å². The smallest absolute Gasteiger partial charge is 0.179 e. The molecule has 0 bridgehead atoms. The van der Waals surface area contributed by atoms with E-state index >= 15 is 0 Å². The standard InChI is InChI=1S/C15H15N5O/c16-8-11-12(9-17)19-15(20-6-1-2-7-20)14(18-11)10-4-3-5-13(10)21/h10H,1-7H2. The van der Waals surface area contributed by atoms with Crippen molar-refractivity contribution < 1.29 is 4.79 Å². The molecular weight excluding hydrogens is 266 g/mol. The molecule has 0 spiro atoms. The van der Waals surface area contributed by atoms with Crippen molar-refractivity contribution in [1.82, 2.24) is 9.97 Å². The van der Waals surface area contributed by atoms with E-state index in [1.54, 1.807) is 0 Å². The maximum atomic E-state index is 12.1. The van der Waals surface area contributed by atoms with E-state index in [0.29, 0.717) is 17.9 Å². The lowest BCUT2D eigenvalue weighted by atomic mass is 10.0. The zero-order chi connectivity index (χ0) is 14.8. The highest BCUT2D eigenvalue weighted by atomic mass is 16.1. The van der Waals surface area contributed by atoms with Gasteiger partial charge in [0, 0.05) is 19.5 Å². The second kappa shape index (κ2) is 5.49. The number of anilines is 1. The van der Waals surface area contributed by atoms with Crippen LogP contribution in [-0.2, 0) is 4.79 Å². The number of Topliss-reactive ketones (excluding diaryl/α,β-unsaturated/α-hetero) is 1. The Morgan fingerprint density at radius 3 is 2.29 bits per heavy atom. The molecule has 1 unspecified atom stereocenters. The van der Waals surface area contributed by atoms with Crippen molar-refractivity contribution in [3.8, 4) is 12.1 Å². The maximum Gasteiger partial charge on any atom is 0.179 e. The molecule has 1 saturated heterocycles. The van der Waals surface area contributed by atoms with Crippen LogP contribution in [0.4, 0.5) is 5.82 Å². The van der Waals surface area contributed by atoms with Gasteiger partial charge >= 0.3 is 0 Å². The van der Waals surface area contributed by atoms with Crippen LogP contribution in [0.3, 0.4) is 0 Å². The third-order valence-electron chi connectivity index (χ3n) is 4.16. The van der Waals surface area contributed by atoms with Gasteiger partial charge in [-0.25, -0.2) is 9.97 Å². The Labute approximate surface area is 123 Å². The van der Waals surface area contributed by atoms with Crippen molar-refractivity contribution in [2.75, 3.05) is 18.0 Å².